The van der Waals surface area contributed by atoms with E-state index in [1.54, 1.807) is 12.4 Å². The van der Waals surface area contributed by atoms with Gasteiger partial charge in [-0.15, -0.1) is 0 Å². The van der Waals surface area contributed by atoms with Crippen molar-refractivity contribution in [1.82, 2.24) is 19.9 Å². The topological polar surface area (TPSA) is 83.1 Å². The van der Waals surface area contributed by atoms with Gasteiger partial charge in [0.05, 0.1) is 6.54 Å². The number of nitrogens with one attached hydrogen (secondary N) is 2. The van der Waals surface area contributed by atoms with Crippen molar-refractivity contribution in [2.45, 2.75) is 26.1 Å². The molecular formula is C21H24FN5O2. The summed E-state index contributed by atoms with van der Waals surface area (Å²) in [6, 6.07) is 9.67. The van der Waals surface area contributed by atoms with E-state index in [2.05, 4.69) is 20.3 Å². The van der Waals surface area contributed by atoms with E-state index in [0.717, 1.165) is 22.2 Å². The minimum Gasteiger partial charge on any atom is -0.445 e. The summed E-state index contributed by atoms with van der Waals surface area (Å²) in [6.07, 6.45) is 2.48. The fraction of sp³-hybridized carbons (Fsp3) is 0.381. The van der Waals surface area contributed by atoms with Gasteiger partial charge in [0.15, 0.2) is 0 Å². The molecule has 1 amide bonds. The molecule has 1 fully saturated rings. The summed E-state index contributed by atoms with van der Waals surface area (Å²) in [6.45, 7) is 3.11. The van der Waals surface area contributed by atoms with E-state index < -0.39 is 12.3 Å². The highest BCUT2D eigenvalue weighted by Crippen LogP contribution is 2.22. The van der Waals surface area contributed by atoms with E-state index in [9.17, 15) is 9.18 Å². The molecule has 3 heterocycles. The van der Waals surface area contributed by atoms with Crippen molar-refractivity contribution in [2.75, 3.05) is 25.0 Å². The summed E-state index contributed by atoms with van der Waals surface area (Å²) >= 11 is 0. The van der Waals surface area contributed by atoms with Crippen LogP contribution in [0.1, 0.15) is 17.5 Å². The van der Waals surface area contributed by atoms with Crippen LogP contribution in [0.3, 0.4) is 0 Å². The standard InChI is InChI=1S/C21H24FN5O2/c1-14-2-4-15(5-3-14)13-29-21(28)27-9-7-16(18(22)12-27)10-24-20-25-11-17-6-8-23-19(17)26-20/h2-6,8,11,16,18H,7,9-10,12-13H2,1H3,(H2,23,24,25,26). The Hall–Kier alpha value is -3.16. The Morgan fingerprint density at radius 1 is 1.34 bits per heavy atom. The Morgan fingerprint density at radius 3 is 2.97 bits per heavy atom. The average Bonchev–Trinajstić information content (AvgIpc) is 3.20. The van der Waals surface area contributed by atoms with Crippen LogP contribution in [0.4, 0.5) is 15.1 Å². The molecule has 1 saturated heterocycles. The average molecular weight is 397 g/mol. The second-order valence-corrected chi connectivity index (χ2v) is 7.41. The van der Waals surface area contributed by atoms with Gasteiger partial charge in [-0.25, -0.2) is 14.2 Å². The van der Waals surface area contributed by atoms with Crippen LogP contribution in [0.25, 0.3) is 11.0 Å². The monoisotopic (exact) mass is 397 g/mol. The molecule has 0 radical (unpaired) electrons. The molecule has 1 aliphatic rings. The molecule has 2 atom stereocenters. The number of hydrogen-bond acceptors (Lipinski definition) is 5. The number of piperidine rings is 1. The maximum Gasteiger partial charge on any atom is 0.410 e. The zero-order chi connectivity index (χ0) is 20.2. The van der Waals surface area contributed by atoms with Crippen molar-refractivity contribution in [3.05, 3.63) is 53.9 Å². The Labute approximate surface area is 168 Å². The minimum absolute atomic E-state index is 0.0373. The van der Waals surface area contributed by atoms with Gasteiger partial charge < -0.3 is 19.9 Å². The van der Waals surface area contributed by atoms with Gasteiger partial charge in [-0.1, -0.05) is 29.8 Å². The van der Waals surface area contributed by atoms with Crippen LogP contribution >= 0.6 is 0 Å². The summed E-state index contributed by atoms with van der Waals surface area (Å²) in [7, 11) is 0. The molecule has 29 heavy (non-hydrogen) atoms. The van der Waals surface area contributed by atoms with Crippen molar-refractivity contribution in [1.29, 1.82) is 0 Å². The van der Waals surface area contributed by atoms with Crippen LogP contribution in [0.5, 0.6) is 0 Å². The highest BCUT2D eigenvalue weighted by molar-refractivity contribution is 5.75. The number of nitrogens with zero attached hydrogens (tertiary/aromatic N) is 3. The molecule has 1 aliphatic heterocycles. The molecule has 0 bridgehead atoms. The third-order valence-corrected chi connectivity index (χ3v) is 5.24. The van der Waals surface area contributed by atoms with Gasteiger partial charge in [-0.2, -0.15) is 4.98 Å². The van der Waals surface area contributed by atoms with Crippen molar-refractivity contribution < 1.29 is 13.9 Å². The van der Waals surface area contributed by atoms with E-state index in [-0.39, 0.29) is 19.1 Å². The van der Waals surface area contributed by atoms with Gasteiger partial charge in [0.25, 0.3) is 0 Å². The molecule has 2 unspecified atom stereocenters. The van der Waals surface area contributed by atoms with Crippen LogP contribution in [0.15, 0.2) is 42.7 Å². The number of hydrogen-bond donors (Lipinski definition) is 2. The minimum atomic E-state index is -1.13. The maximum absolute atomic E-state index is 14.6. The molecule has 1 aromatic carbocycles. The zero-order valence-corrected chi connectivity index (χ0v) is 16.3. The molecule has 152 valence electrons. The number of benzene rings is 1. The first-order valence-corrected chi connectivity index (χ1v) is 9.74. The smallest absolute Gasteiger partial charge is 0.410 e. The number of anilines is 1. The van der Waals surface area contributed by atoms with Crippen molar-refractivity contribution in [3.8, 4) is 0 Å². The predicted molar refractivity (Wildman–Crippen MR) is 108 cm³/mol. The highest BCUT2D eigenvalue weighted by atomic mass is 19.1. The Morgan fingerprint density at radius 2 is 2.17 bits per heavy atom. The number of aromatic amines is 1. The number of carbonyl (C=O) groups is 1. The quantitative estimate of drug-likeness (QED) is 0.686. The number of ether oxygens (including phenoxy) is 1. The molecule has 4 rings (SSSR count). The SMILES string of the molecule is Cc1ccc(COC(=O)N2CCC(CNc3ncc4cc[nH]c4n3)C(F)C2)cc1. The van der Waals surface area contributed by atoms with E-state index in [1.165, 1.54) is 4.90 Å². The van der Waals surface area contributed by atoms with E-state index in [0.29, 0.717) is 25.5 Å². The van der Waals surface area contributed by atoms with Crippen molar-refractivity contribution in [2.24, 2.45) is 5.92 Å². The first kappa shape index (κ1) is 19.2. The summed E-state index contributed by atoms with van der Waals surface area (Å²) in [5, 5.41) is 4.03. The van der Waals surface area contributed by atoms with Crippen LogP contribution in [-0.2, 0) is 11.3 Å². The number of aryl methyl sites for hydroxylation is 1. The van der Waals surface area contributed by atoms with Gasteiger partial charge in [0.2, 0.25) is 5.95 Å². The number of rotatable bonds is 5. The second kappa shape index (κ2) is 8.46. The molecule has 0 aliphatic carbocycles. The number of alkyl halides is 1. The highest BCUT2D eigenvalue weighted by Gasteiger charge is 2.32. The van der Waals surface area contributed by atoms with Crippen LogP contribution in [0.2, 0.25) is 0 Å². The molecule has 2 N–H and O–H groups in total. The second-order valence-electron chi connectivity index (χ2n) is 7.41. The van der Waals surface area contributed by atoms with Crippen molar-refractivity contribution >= 4 is 23.1 Å². The normalized spacial score (nSPS) is 19.3. The lowest BCUT2D eigenvalue weighted by atomic mass is 9.95. The molecular weight excluding hydrogens is 373 g/mol. The number of aromatic nitrogens is 3. The largest absolute Gasteiger partial charge is 0.445 e. The Balaban J connectivity index is 1.25. The number of likely N-dealkylation sites (tertiary alicyclic amines) is 1. The lowest BCUT2D eigenvalue weighted by molar-refractivity contribution is 0.0544. The van der Waals surface area contributed by atoms with Gasteiger partial charge in [0, 0.05) is 36.8 Å². The van der Waals surface area contributed by atoms with E-state index >= 15 is 0 Å². The third-order valence-electron chi connectivity index (χ3n) is 5.24. The van der Waals surface area contributed by atoms with Crippen LogP contribution in [-0.4, -0.2) is 51.8 Å². The summed E-state index contributed by atoms with van der Waals surface area (Å²) in [5.41, 5.74) is 2.80. The number of carbonyl (C=O) groups excluding carboxylic acids is 1. The molecule has 7 nitrogen and oxygen atoms in total. The molecule has 0 saturated carbocycles. The zero-order valence-electron chi connectivity index (χ0n) is 16.3. The first-order valence-electron chi connectivity index (χ1n) is 9.74. The van der Waals surface area contributed by atoms with Gasteiger partial charge in [-0.3, -0.25) is 0 Å². The molecule has 2 aromatic heterocycles. The fourth-order valence-corrected chi connectivity index (χ4v) is 3.42. The molecule has 0 spiro atoms. The number of fused-ring (bicyclic) bond motifs is 1. The maximum atomic E-state index is 14.6. The van der Waals surface area contributed by atoms with Crippen LogP contribution in [0, 0.1) is 12.8 Å². The summed E-state index contributed by atoms with van der Waals surface area (Å²) < 4.78 is 20.0. The summed E-state index contributed by atoms with van der Waals surface area (Å²) in [4.78, 5) is 25.3. The number of amides is 1. The number of halogens is 1. The first-order chi connectivity index (χ1) is 14.1. The predicted octanol–water partition coefficient (Wildman–Crippen LogP) is 3.68. The summed E-state index contributed by atoms with van der Waals surface area (Å²) in [5.74, 6) is 0.256. The van der Waals surface area contributed by atoms with E-state index in [4.69, 9.17) is 4.74 Å². The lowest BCUT2D eigenvalue weighted by Gasteiger charge is -2.34. The van der Waals surface area contributed by atoms with Crippen molar-refractivity contribution in [3.63, 3.8) is 0 Å². The van der Waals surface area contributed by atoms with Gasteiger partial charge in [-0.05, 0) is 25.0 Å². The lowest BCUT2D eigenvalue weighted by Crippen LogP contribution is -2.46. The van der Waals surface area contributed by atoms with Crippen LogP contribution < -0.4 is 5.32 Å². The van der Waals surface area contributed by atoms with E-state index in [1.807, 2.05) is 37.3 Å². The molecule has 3 aromatic rings. The third kappa shape index (κ3) is 4.64. The van der Waals surface area contributed by atoms with Gasteiger partial charge in [0.1, 0.15) is 18.4 Å². The Kier molecular flexibility index (Phi) is 5.59. The molecule has 8 heteroatoms. The fourth-order valence-electron chi connectivity index (χ4n) is 3.42. The van der Waals surface area contributed by atoms with Gasteiger partial charge >= 0.3 is 6.09 Å². The number of H-pyrrole nitrogens is 1. The Bertz CT molecular complexity index is 975.